The maximum absolute atomic E-state index is 13.1. The largest absolute Gasteiger partial charge is 0.492 e. The number of hydrogen-bond acceptors (Lipinski definition) is 4. The van der Waals surface area contributed by atoms with Crippen LogP contribution in [0.15, 0.2) is 66.7 Å². The summed E-state index contributed by atoms with van der Waals surface area (Å²) in [5, 5.41) is 2.83. The number of carbonyl (C=O) groups excluding carboxylic acids is 2. The van der Waals surface area contributed by atoms with Crippen molar-refractivity contribution in [3.05, 3.63) is 83.7 Å². The predicted molar refractivity (Wildman–Crippen MR) is 124 cm³/mol. The third-order valence-corrected chi connectivity index (χ3v) is 5.30. The Kier molecular flexibility index (Phi) is 6.58. The van der Waals surface area contributed by atoms with Gasteiger partial charge in [0.2, 0.25) is 5.91 Å². The van der Waals surface area contributed by atoms with Gasteiger partial charge < -0.3 is 19.7 Å². The number of carbonyl (C=O) groups is 2. The van der Waals surface area contributed by atoms with Gasteiger partial charge in [-0.05, 0) is 61.4 Å². The monoisotopic (exact) mass is 448 g/mol. The van der Waals surface area contributed by atoms with Crippen LogP contribution in [0.25, 0.3) is 0 Å². The minimum Gasteiger partial charge on any atom is -0.492 e. The van der Waals surface area contributed by atoms with Crippen LogP contribution >= 0.6 is 0 Å². The van der Waals surface area contributed by atoms with Crippen LogP contribution in [0.5, 0.6) is 11.5 Å². The molecule has 1 unspecified atom stereocenters. The number of fused-ring (bicyclic) bond motifs is 1. The summed E-state index contributed by atoms with van der Waals surface area (Å²) in [5.74, 6) is 0.539. The lowest BCUT2D eigenvalue weighted by molar-refractivity contribution is -0.125. The Hall–Kier alpha value is -3.87. The highest BCUT2D eigenvalue weighted by atomic mass is 19.1. The first-order valence-electron chi connectivity index (χ1n) is 10.7. The Labute approximate surface area is 191 Å². The minimum absolute atomic E-state index is 0.121. The topological polar surface area (TPSA) is 67.9 Å². The van der Waals surface area contributed by atoms with Crippen LogP contribution in [0.1, 0.15) is 18.1 Å². The molecule has 1 N–H and O–H groups in total. The molecule has 7 heteroatoms. The molecule has 0 bridgehead atoms. The maximum Gasteiger partial charge on any atom is 0.267 e. The van der Waals surface area contributed by atoms with E-state index in [9.17, 15) is 14.0 Å². The van der Waals surface area contributed by atoms with E-state index in [4.69, 9.17) is 9.47 Å². The first-order chi connectivity index (χ1) is 15.9. The van der Waals surface area contributed by atoms with Crippen LogP contribution in [-0.2, 0) is 16.0 Å². The van der Waals surface area contributed by atoms with Crippen molar-refractivity contribution in [1.82, 2.24) is 0 Å². The van der Waals surface area contributed by atoms with Crippen molar-refractivity contribution in [1.29, 1.82) is 0 Å². The second-order valence-corrected chi connectivity index (χ2v) is 7.95. The molecule has 1 atom stereocenters. The van der Waals surface area contributed by atoms with Crippen LogP contribution in [0.4, 0.5) is 15.8 Å². The number of nitrogens with one attached hydrogen (secondary N) is 1. The van der Waals surface area contributed by atoms with E-state index in [1.807, 2.05) is 31.2 Å². The summed E-state index contributed by atoms with van der Waals surface area (Å²) in [5.41, 5.74) is 2.99. The van der Waals surface area contributed by atoms with Crippen LogP contribution in [0.3, 0.4) is 0 Å². The molecule has 1 heterocycles. The summed E-state index contributed by atoms with van der Waals surface area (Å²) in [7, 11) is 0. The molecule has 3 aromatic rings. The van der Waals surface area contributed by atoms with Crippen molar-refractivity contribution >= 4 is 23.2 Å². The van der Waals surface area contributed by atoms with Gasteiger partial charge in [0.05, 0.1) is 18.7 Å². The quantitative estimate of drug-likeness (QED) is 0.578. The van der Waals surface area contributed by atoms with Crippen molar-refractivity contribution in [2.75, 3.05) is 23.4 Å². The molecule has 0 aliphatic carbocycles. The average molecular weight is 448 g/mol. The molecule has 1 aliphatic heterocycles. The van der Waals surface area contributed by atoms with E-state index >= 15 is 0 Å². The van der Waals surface area contributed by atoms with E-state index in [-0.39, 0.29) is 24.1 Å². The zero-order valence-electron chi connectivity index (χ0n) is 18.5. The predicted octanol–water partition coefficient (Wildman–Crippen LogP) is 4.51. The standard InChI is InChI=1S/C26H25FN2O4/c1-17-4-3-5-22(14-17)32-13-12-29-23-11-10-21(16-24(23)33-18(2)26(29)31)28-25(30)15-19-6-8-20(27)9-7-19/h3-11,14,16,18H,12-13,15H2,1-2H3,(H,28,30). The van der Waals surface area contributed by atoms with E-state index in [1.54, 1.807) is 42.2 Å². The van der Waals surface area contributed by atoms with Crippen molar-refractivity contribution in [3.8, 4) is 11.5 Å². The summed E-state index contributed by atoms with van der Waals surface area (Å²) < 4.78 is 24.6. The third kappa shape index (κ3) is 5.49. The van der Waals surface area contributed by atoms with Crippen LogP contribution in [-0.4, -0.2) is 31.1 Å². The summed E-state index contributed by atoms with van der Waals surface area (Å²) >= 11 is 0. The van der Waals surface area contributed by atoms with Gasteiger partial charge in [0.25, 0.3) is 5.91 Å². The van der Waals surface area contributed by atoms with Crippen LogP contribution in [0, 0.1) is 12.7 Å². The van der Waals surface area contributed by atoms with E-state index < -0.39 is 6.10 Å². The maximum atomic E-state index is 13.1. The van der Waals surface area contributed by atoms with Gasteiger partial charge in [-0.3, -0.25) is 9.59 Å². The number of nitrogens with zero attached hydrogens (tertiary/aromatic N) is 1. The first kappa shape index (κ1) is 22.3. The Morgan fingerprint density at radius 1 is 1.12 bits per heavy atom. The molecule has 0 spiro atoms. The molecule has 3 aromatic carbocycles. The van der Waals surface area contributed by atoms with Gasteiger partial charge in [0.15, 0.2) is 6.10 Å². The highest BCUT2D eigenvalue weighted by molar-refractivity contribution is 6.00. The van der Waals surface area contributed by atoms with Gasteiger partial charge in [-0.1, -0.05) is 24.3 Å². The second kappa shape index (κ2) is 9.73. The SMILES string of the molecule is Cc1cccc(OCCN2C(=O)C(C)Oc3cc(NC(=O)Cc4ccc(F)cc4)ccc32)c1. The van der Waals surface area contributed by atoms with Gasteiger partial charge in [-0.2, -0.15) is 0 Å². The van der Waals surface area contributed by atoms with Gasteiger partial charge in [0, 0.05) is 11.8 Å². The highest BCUT2D eigenvalue weighted by Crippen LogP contribution is 2.36. The minimum atomic E-state index is -0.651. The van der Waals surface area contributed by atoms with E-state index in [0.717, 1.165) is 11.3 Å². The smallest absolute Gasteiger partial charge is 0.267 e. The fourth-order valence-electron chi connectivity index (χ4n) is 3.67. The number of hydrogen-bond donors (Lipinski definition) is 1. The average Bonchev–Trinajstić information content (AvgIpc) is 2.78. The Balaban J connectivity index is 1.42. The van der Waals surface area contributed by atoms with Gasteiger partial charge in [-0.25, -0.2) is 4.39 Å². The molecular formula is C26H25FN2O4. The first-order valence-corrected chi connectivity index (χ1v) is 10.7. The molecule has 170 valence electrons. The Morgan fingerprint density at radius 3 is 2.67 bits per heavy atom. The summed E-state index contributed by atoms with van der Waals surface area (Å²) in [4.78, 5) is 26.8. The van der Waals surface area contributed by atoms with E-state index in [0.29, 0.717) is 35.8 Å². The van der Waals surface area contributed by atoms with Crippen LogP contribution < -0.4 is 19.7 Å². The zero-order chi connectivity index (χ0) is 23.4. The molecule has 0 radical (unpaired) electrons. The number of rotatable bonds is 7. The highest BCUT2D eigenvalue weighted by Gasteiger charge is 2.31. The molecule has 0 saturated carbocycles. The fourth-order valence-corrected chi connectivity index (χ4v) is 3.67. The van der Waals surface area contributed by atoms with Crippen molar-refractivity contribution in [2.24, 2.45) is 0 Å². The molecular weight excluding hydrogens is 423 g/mol. The molecule has 0 fully saturated rings. The van der Waals surface area contributed by atoms with Crippen molar-refractivity contribution in [2.45, 2.75) is 26.4 Å². The summed E-state index contributed by atoms with van der Waals surface area (Å²) in [6.45, 7) is 4.38. The zero-order valence-corrected chi connectivity index (χ0v) is 18.5. The second-order valence-electron chi connectivity index (χ2n) is 7.95. The summed E-state index contributed by atoms with van der Waals surface area (Å²) in [6.07, 6.45) is -0.531. The molecule has 4 rings (SSSR count). The molecule has 6 nitrogen and oxygen atoms in total. The number of anilines is 2. The molecule has 33 heavy (non-hydrogen) atoms. The number of aryl methyl sites for hydroxylation is 1. The Bertz CT molecular complexity index is 1160. The number of amides is 2. The number of halogens is 1. The van der Waals surface area contributed by atoms with Gasteiger partial charge >= 0.3 is 0 Å². The third-order valence-electron chi connectivity index (χ3n) is 5.30. The lowest BCUT2D eigenvalue weighted by Gasteiger charge is -2.33. The number of ether oxygens (including phenoxy) is 2. The lowest BCUT2D eigenvalue weighted by Crippen LogP contribution is -2.46. The van der Waals surface area contributed by atoms with Crippen LogP contribution in [0.2, 0.25) is 0 Å². The van der Waals surface area contributed by atoms with Crippen molar-refractivity contribution < 1.29 is 23.5 Å². The van der Waals surface area contributed by atoms with E-state index in [2.05, 4.69) is 5.32 Å². The Morgan fingerprint density at radius 2 is 1.91 bits per heavy atom. The van der Waals surface area contributed by atoms with E-state index in [1.165, 1.54) is 12.1 Å². The lowest BCUT2D eigenvalue weighted by atomic mass is 10.1. The fraction of sp³-hybridized carbons (Fsp3) is 0.231. The molecule has 0 aromatic heterocycles. The normalized spacial score (nSPS) is 14.9. The molecule has 0 saturated heterocycles. The van der Waals surface area contributed by atoms with Gasteiger partial charge in [-0.15, -0.1) is 0 Å². The summed E-state index contributed by atoms with van der Waals surface area (Å²) in [6, 6.07) is 18.7. The van der Waals surface area contributed by atoms with Gasteiger partial charge in [0.1, 0.15) is 23.9 Å². The number of benzene rings is 3. The molecule has 1 aliphatic rings. The molecule has 2 amide bonds. The van der Waals surface area contributed by atoms with Crippen molar-refractivity contribution in [3.63, 3.8) is 0 Å².